The van der Waals surface area contributed by atoms with Crippen LogP contribution in [0, 0.1) is 13.8 Å². The van der Waals surface area contributed by atoms with Crippen LogP contribution in [0.15, 0.2) is 42.5 Å². The van der Waals surface area contributed by atoms with Crippen molar-refractivity contribution in [2.45, 2.75) is 39.2 Å². The van der Waals surface area contributed by atoms with E-state index >= 15 is 0 Å². The number of aryl methyl sites for hydroxylation is 3. The number of nitrogens with one attached hydrogen (secondary N) is 2. The molecule has 0 aliphatic heterocycles. The first-order valence-electron chi connectivity index (χ1n) is 9.52. The van der Waals surface area contributed by atoms with Gasteiger partial charge in [-0.3, -0.25) is 13.8 Å². The van der Waals surface area contributed by atoms with E-state index in [-0.39, 0.29) is 29.4 Å². The first kappa shape index (κ1) is 20.3. The van der Waals surface area contributed by atoms with Crippen LogP contribution in [0.4, 0.5) is 5.69 Å². The van der Waals surface area contributed by atoms with E-state index in [1.165, 1.54) is 5.56 Å². The van der Waals surface area contributed by atoms with Crippen LogP contribution in [0.3, 0.4) is 0 Å². The molecule has 6 heteroatoms. The Hall–Kier alpha value is -2.47. The highest BCUT2D eigenvalue weighted by Gasteiger charge is 2.22. The van der Waals surface area contributed by atoms with Gasteiger partial charge in [-0.25, -0.2) is 0 Å². The van der Waals surface area contributed by atoms with Crippen molar-refractivity contribution in [3.05, 3.63) is 64.7 Å². The van der Waals surface area contributed by atoms with E-state index in [0.717, 1.165) is 41.6 Å². The van der Waals surface area contributed by atoms with Crippen molar-refractivity contribution in [1.29, 1.82) is 0 Å². The molecule has 0 fully saturated rings. The monoisotopic (exact) mass is 398 g/mol. The standard InChI is InChI=1S/C22H26N2O3S/c1-15-7-5-8-16(2)22(15)24-21(26)14-28(27)13-20(25)23-19-12-6-10-17-9-3-4-11-18(17)19/h3-5,7-9,11,19H,6,10,12-14H2,1-2H3,(H,23,25)(H,24,26)/t19-,28-/m1/s1. The smallest absolute Gasteiger partial charge is 0.237 e. The molecule has 0 saturated carbocycles. The summed E-state index contributed by atoms with van der Waals surface area (Å²) >= 11 is 0. The molecule has 28 heavy (non-hydrogen) atoms. The molecule has 2 aromatic carbocycles. The summed E-state index contributed by atoms with van der Waals surface area (Å²) in [6.45, 7) is 3.82. The fourth-order valence-corrected chi connectivity index (χ4v) is 4.51. The summed E-state index contributed by atoms with van der Waals surface area (Å²) in [5.41, 5.74) is 5.04. The van der Waals surface area contributed by atoms with E-state index < -0.39 is 10.8 Å². The van der Waals surface area contributed by atoms with Crippen molar-refractivity contribution in [1.82, 2.24) is 5.32 Å². The molecule has 0 unspecified atom stereocenters. The number of carbonyl (C=O) groups is 2. The maximum absolute atomic E-state index is 12.3. The Balaban J connectivity index is 1.52. The molecule has 2 amide bonds. The molecular formula is C22H26N2O3S. The van der Waals surface area contributed by atoms with Crippen LogP contribution in [-0.2, 0) is 26.8 Å². The second-order valence-corrected chi connectivity index (χ2v) is 8.71. The third-order valence-electron chi connectivity index (χ3n) is 5.03. The zero-order valence-corrected chi connectivity index (χ0v) is 17.1. The van der Waals surface area contributed by atoms with E-state index in [4.69, 9.17) is 0 Å². The second kappa shape index (κ2) is 9.15. The molecule has 2 atom stereocenters. The van der Waals surface area contributed by atoms with Gasteiger partial charge in [0.1, 0.15) is 11.5 Å². The fourth-order valence-electron chi connectivity index (χ4n) is 3.67. The van der Waals surface area contributed by atoms with E-state index in [1.807, 2.05) is 50.2 Å². The number of carbonyl (C=O) groups excluding carboxylic acids is 2. The molecule has 0 aromatic heterocycles. The molecule has 2 N–H and O–H groups in total. The fraction of sp³-hybridized carbons (Fsp3) is 0.364. The van der Waals surface area contributed by atoms with Crippen molar-refractivity contribution < 1.29 is 13.8 Å². The molecule has 0 heterocycles. The van der Waals surface area contributed by atoms with Crippen molar-refractivity contribution in [3.8, 4) is 0 Å². The Morgan fingerprint density at radius 2 is 1.68 bits per heavy atom. The van der Waals surface area contributed by atoms with Gasteiger partial charge in [-0.05, 0) is 55.4 Å². The molecule has 0 radical (unpaired) electrons. The summed E-state index contributed by atoms with van der Waals surface area (Å²) in [6, 6.07) is 13.8. The van der Waals surface area contributed by atoms with E-state index in [9.17, 15) is 13.8 Å². The summed E-state index contributed by atoms with van der Waals surface area (Å²) in [4.78, 5) is 24.6. The van der Waals surface area contributed by atoms with Gasteiger partial charge < -0.3 is 10.6 Å². The van der Waals surface area contributed by atoms with Gasteiger partial charge in [0.2, 0.25) is 11.8 Å². The van der Waals surface area contributed by atoms with Crippen LogP contribution in [0.25, 0.3) is 0 Å². The van der Waals surface area contributed by atoms with Crippen LogP contribution >= 0.6 is 0 Å². The molecule has 3 rings (SSSR count). The number of hydrogen-bond donors (Lipinski definition) is 2. The van der Waals surface area contributed by atoms with Crippen molar-refractivity contribution in [2.75, 3.05) is 16.8 Å². The lowest BCUT2D eigenvalue weighted by Gasteiger charge is -2.26. The minimum absolute atomic E-state index is 0.0436. The molecule has 1 aliphatic rings. The number of hydrogen-bond acceptors (Lipinski definition) is 3. The Morgan fingerprint density at radius 1 is 1.00 bits per heavy atom. The van der Waals surface area contributed by atoms with Gasteiger partial charge in [0.05, 0.1) is 6.04 Å². The zero-order chi connectivity index (χ0) is 20.1. The highest BCUT2D eigenvalue weighted by atomic mass is 32.2. The molecule has 1 aliphatic carbocycles. The second-order valence-electron chi connectivity index (χ2n) is 7.25. The van der Waals surface area contributed by atoms with Gasteiger partial charge in [-0.2, -0.15) is 0 Å². The number of fused-ring (bicyclic) bond motifs is 1. The van der Waals surface area contributed by atoms with Gasteiger partial charge >= 0.3 is 0 Å². The van der Waals surface area contributed by atoms with Crippen LogP contribution < -0.4 is 10.6 Å². The van der Waals surface area contributed by atoms with Crippen LogP contribution in [0.2, 0.25) is 0 Å². The minimum Gasteiger partial charge on any atom is -0.348 e. The minimum atomic E-state index is -1.55. The normalized spacial score (nSPS) is 16.7. The zero-order valence-electron chi connectivity index (χ0n) is 16.3. The number of benzene rings is 2. The maximum Gasteiger partial charge on any atom is 0.237 e. The number of anilines is 1. The molecule has 5 nitrogen and oxygen atoms in total. The topological polar surface area (TPSA) is 75.3 Å². The maximum atomic E-state index is 12.3. The molecule has 148 valence electrons. The number of rotatable bonds is 6. The average molecular weight is 399 g/mol. The Bertz CT molecular complexity index is 890. The summed E-state index contributed by atoms with van der Waals surface area (Å²) in [6.07, 6.45) is 2.92. The highest BCUT2D eigenvalue weighted by molar-refractivity contribution is 7.86. The first-order chi connectivity index (χ1) is 13.4. The SMILES string of the molecule is Cc1cccc(C)c1NC(=O)C[S@](=O)CC(=O)N[C@@H]1CCCc2ccccc21. The van der Waals surface area contributed by atoms with E-state index in [0.29, 0.717) is 0 Å². The quantitative estimate of drug-likeness (QED) is 0.785. The van der Waals surface area contributed by atoms with Crippen molar-refractivity contribution in [3.63, 3.8) is 0 Å². The summed E-state index contributed by atoms with van der Waals surface area (Å²) in [5.74, 6) is -0.979. The average Bonchev–Trinajstić information content (AvgIpc) is 2.65. The largest absolute Gasteiger partial charge is 0.348 e. The summed E-state index contributed by atoms with van der Waals surface area (Å²) in [7, 11) is -1.55. The molecule has 0 saturated heterocycles. The number of amides is 2. The Kier molecular flexibility index (Phi) is 6.62. The predicted octanol–water partition coefficient (Wildman–Crippen LogP) is 3.18. The van der Waals surface area contributed by atoms with E-state index in [2.05, 4.69) is 16.7 Å². The van der Waals surface area contributed by atoms with Crippen molar-refractivity contribution in [2.24, 2.45) is 0 Å². The lowest BCUT2D eigenvalue weighted by Crippen LogP contribution is -2.35. The molecular weight excluding hydrogens is 372 g/mol. The lowest BCUT2D eigenvalue weighted by atomic mass is 9.88. The molecule has 0 bridgehead atoms. The van der Waals surface area contributed by atoms with Crippen LogP contribution in [-0.4, -0.2) is 27.5 Å². The van der Waals surface area contributed by atoms with Crippen LogP contribution in [0.1, 0.15) is 41.1 Å². The van der Waals surface area contributed by atoms with Gasteiger partial charge in [0, 0.05) is 16.5 Å². The summed E-state index contributed by atoms with van der Waals surface area (Å²) < 4.78 is 12.3. The first-order valence-corrected chi connectivity index (χ1v) is 11.0. The van der Waals surface area contributed by atoms with Crippen molar-refractivity contribution >= 4 is 28.3 Å². The molecule has 0 spiro atoms. The Morgan fingerprint density at radius 3 is 2.43 bits per heavy atom. The highest BCUT2D eigenvalue weighted by Crippen LogP contribution is 2.29. The predicted molar refractivity (Wildman–Crippen MR) is 113 cm³/mol. The van der Waals surface area contributed by atoms with Gasteiger partial charge in [0.25, 0.3) is 0 Å². The van der Waals surface area contributed by atoms with E-state index in [1.54, 1.807) is 0 Å². The van der Waals surface area contributed by atoms with Crippen LogP contribution in [0.5, 0.6) is 0 Å². The van der Waals surface area contributed by atoms with Gasteiger partial charge in [-0.1, -0.05) is 42.5 Å². The van der Waals surface area contributed by atoms with Gasteiger partial charge in [-0.15, -0.1) is 0 Å². The lowest BCUT2D eigenvalue weighted by molar-refractivity contribution is -0.119. The summed E-state index contributed by atoms with van der Waals surface area (Å²) in [5, 5.41) is 5.80. The number of para-hydroxylation sites is 1. The third kappa shape index (κ3) is 5.07. The van der Waals surface area contributed by atoms with Gasteiger partial charge in [0.15, 0.2) is 0 Å². The Labute approximate surface area is 168 Å². The third-order valence-corrected chi connectivity index (χ3v) is 6.20. The molecule has 2 aromatic rings.